The minimum absolute atomic E-state index is 0.189. The van der Waals surface area contributed by atoms with E-state index in [9.17, 15) is 9.59 Å². The van der Waals surface area contributed by atoms with Crippen molar-refractivity contribution in [2.24, 2.45) is 0 Å². The van der Waals surface area contributed by atoms with Gasteiger partial charge in [-0.3, -0.25) is 9.59 Å². The number of fused-ring (bicyclic) bond motifs is 1. The monoisotopic (exact) mass is 476 g/mol. The van der Waals surface area contributed by atoms with Crippen LogP contribution in [0.1, 0.15) is 26.9 Å². The van der Waals surface area contributed by atoms with Gasteiger partial charge in [-0.15, -0.1) is 11.8 Å². The molecule has 3 aromatic carbocycles. The number of hydrogen-bond donors (Lipinski definition) is 1. The van der Waals surface area contributed by atoms with Gasteiger partial charge in [-0.1, -0.05) is 36.4 Å². The van der Waals surface area contributed by atoms with Crippen molar-refractivity contribution in [3.63, 3.8) is 0 Å². The summed E-state index contributed by atoms with van der Waals surface area (Å²) in [6, 6.07) is 21.7. The number of ether oxygens (including phenoxy) is 3. The zero-order chi connectivity index (χ0) is 23.5. The average molecular weight is 477 g/mol. The first-order valence-corrected chi connectivity index (χ1v) is 12.0. The van der Waals surface area contributed by atoms with E-state index in [0.717, 1.165) is 11.1 Å². The lowest BCUT2D eigenvalue weighted by molar-refractivity contribution is -0.125. The van der Waals surface area contributed by atoms with Gasteiger partial charge in [-0.05, 0) is 47.5 Å². The van der Waals surface area contributed by atoms with Gasteiger partial charge in [-0.25, -0.2) is 0 Å². The third kappa shape index (κ3) is 4.41. The van der Waals surface area contributed by atoms with Crippen molar-refractivity contribution >= 4 is 23.6 Å². The van der Waals surface area contributed by atoms with Crippen LogP contribution >= 0.6 is 11.8 Å². The maximum atomic E-state index is 13.6. The normalized spacial score (nSPS) is 18.6. The van der Waals surface area contributed by atoms with E-state index in [1.165, 1.54) is 0 Å². The largest absolute Gasteiger partial charge is 0.497 e. The zero-order valence-electron chi connectivity index (χ0n) is 18.6. The molecular weight excluding hydrogens is 452 g/mol. The Morgan fingerprint density at radius 3 is 2.56 bits per heavy atom. The summed E-state index contributed by atoms with van der Waals surface area (Å²) in [5.41, 5.74) is 2.40. The molecule has 1 N–H and O–H groups in total. The van der Waals surface area contributed by atoms with Crippen molar-refractivity contribution < 1.29 is 23.8 Å². The van der Waals surface area contributed by atoms with Gasteiger partial charge in [0.15, 0.2) is 11.5 Å². The fraction of sp³-hybridized carbons (Fsp3) is 0.231. The molecule has 1 fully saturated rings. The van der Waals surface area contributed by atoms with Gasteiger partial charge < -0.3 is 24.4 Å². The second-order valence-electron chi connectivity index (χ2n) is 7.96. The second kappa shape index (κ2) is 9.69. The van der Waals surface area contributed by atoms with Gasteiger partial charge in [0.1, 0.15) is 17.2 Å². The number of rotatable bonds is 6. The maximum absolute atomic E-state index is 13.6. The van der Waals surface area contributed by atoms with Crippen LogP contribution in [0.15, 0.2) is 72.8 Å². The Morgan fingerprint density at radius 2 is 1.79 bits per heavy atom. The predicted molar refractivity (Wildman–Crippen MR) is 129 cm³/mol. The van der Waals surface area contributed by atoms with Gasteiger partial charge in [0.2, 0.25) is 12.7 Å². The van der Waals surface area contributed by atoms with Crippen LogP contribution < -0.4 is 19.5 Å². The lowest BCUT2D eigenvalue weighted by Gasteiger charge is -2.29. The summed E-state index contributed by atoms with van der Waals surface area (Å²) in [7, 11) is 1.58. The minimum Gasteiger partial charge on any atom is -0.497 e. The summed E-state index contributed by atoms with van der Waals surface area (Å²) in [5, 5.41) is 2.74. The quantitative estimate of drug-likeness (QED) is 0.580. The average Bonchev–Trinajstić information content (AvgIpc) is 3.54. The molecule has 2 amide bonds. The molecule has 7 nitrogen and oxygen atoms in total. The highest BCUT2D eigenvalue weighted by atomic mass is 32.2. The Labute approximate surface area is 202 Å². The van der Waals surface area contributed by atoms with E-state index in [1.807, 2.05) is 48.5 Å². The summed E-state index contributed by atoms with van der Waals surface area (Å²) < 4.78 is 16.0. The molecule has 2 aliphatic heterocycles. The number of carbonyl (C=O) groups is 2. The van der Waals surface area contributed by atoms with Gasteiger partial charge in [-0.2, -0.15) is 0 Å². The Bertz CT molecular complexity index is 1190. The molecule has 2 unspecified atom stereocenters. The van der Waals surface area contributed by atoms with Crippen molar-refractivity contribution in [3.8, 4) is 17.2 Å². The van der Waals surface area contributed by atoms with E-state index in [4.69, 9.17) is 14.2 Å². The van der Waals surface area contributed by atoms with E-state index in [0.29, 0.717) is 35.1 Å². The number of hydrogen-bond acceptors (Lipinski definition) is 6. The lowest BCUT2D eigenvalue weighted by atomic mass is 10.1. The maximum Gasteiger partial charge on any atom is 0.255 e. The SMILES string of the molecule is COc1ccc(C(=O)N2C(C(=O)NCc3ccc4c(c3)OCO4)CSC2c2ccccc2)cc1. The predicted octanol–water partition coefficient (Wildman–Crippen LogP) is 4.00. The van der Waals surface area contributed by atoms with Crippen molar-refractivity contribution in [3.05, 3.63) is 89.5 Å². The molecule has 8 heteroatoms. The van der Waals surface area contributed by atoms with Crippen LogP contribution in [0.5, 0.6) is 17.2 Å². The van der Waals surface area contributed by atoms with Crippen LogP contribution in [-0.2, 0) is 11.3 Å². The molecule has 2 heterocycles. The van der Waals surface area contributed by atoms with Crippen molar-refractivity contribution in [1.82, 2.24) is 10.2 Å². The summed E-state index contributed by atoms with van der Waals surface area (Å²) in [6.45, 7) is 0.533. The van der Waals surface area contributed by atoms with Gasteiger partial charge in [0, 0.05) is 17.9 Å². The van der Waals surface area contributed by atoms with Crippen LogP contribution in [0.2, 0.25) is 0 Å². The van der Waals surface area contributed by atoms with Crippen molar-refractivity contribution in [2.75, 3.05) is 19.7 Å². The number of benzene rings is 3. The van der Waals surface area contributed by atoms with E-state index < -0.39 is 6.04 Å². The Morgan fingerprint density at radius 1 is 1.03 bits per heavy atom. The highest BCUT2D eigenvalue weighted by Crippen LogP contribution is 2.42. The fourth-order valence-corrected chi connectivity index (χ4v) is 5.50. The van der Waals surface area contributed by atoms with Crippen molar-refractivity contribution in [1.29, 1.82) is 0 Å². The zero-order valence-corrected chi connectivity index (χ0v) is 19.4. The molecule has 0 aliphatic carbocycles. The second-order valence-corrected chi connectivity index (χ2v) is 9.07. The summed E-state index contributed by atoms with van der Waals surface area (Å²) in [5.74, 6) is 2.17. The van der Waals surface area contributed by atoms with Gasteiger partial charge in [0.25, 0.3) is 5.91 Å². The first-order chi connectivity index (χ1) is 16.6. The number of methoxy groups -OCH3 is 1. The molecule has 174 valence electrons. The van der Waals surface area contributed by atoms with Gasteiger partial charge in [0.05, 0.1) is 7.11 Å². The highest BCUT2D eigenvalue weighted by Gasteiger charge is 2.42. The molecule has 0 saturated carbocycles. The molecule has 34 heavy (non-hydrogen) atoms. The molecular formula is C26H24N2O5S. The van der Waals surface area contributed by atoms with E-state index in [2.05, 4.69) is 5.32 Å². The molecule has 0 aromatic heterocycles. The standard InChI is InChI=1S/C26H24N2O5S/c1-31-20-10-8-18(9-11-20)25(30)28-21(15-34-26(28)19-5-3-2-4-6-19)24(29)27-14-17-7-12-22-23(13-17)33-16-32-22/h2-13,21,26H,14-16H2,1H3,(H,27,29). The van der Waals surface area contributed by atoms with Crippen LogP contribution in [0, 0.1) is 0 Å². The summed E-state index contributed by atoms with van der Waals surface area (Å²) >= 11 is 1.59. The molecule has 3 aromatic rings. The molecule has 0 bridgehead atoms. The van der Waals surface area contributed by atoms with Crippen molar-refractivity contribution in [2.45, 2.75) is 18.0 Å². The highest BCUT2D eigenvalue weighted by molar-refractivity contribution is 7.99. The molecule has 1 saturated heterocycles. The molecule has 2 aliphatic rings. The Hall–Kier alpha value is -3.65. The minimum atomic E-state index is -0.598. The summed E-state index contributed by atoms with van der Waals surface area (Å²) in [4.78, 5) is 28.6. The number of carbonyl (C=O) groups excluding carboxylic acids is 2. The molecule has 0 radical (unpaired) electrons. The van der Waals surface area contributed by atoms with Crippen LogP contribution in [-0.4, -0.2) is 42.4 Å². The van der Waals surface area contributed by atoms with Crippen LogP contribution in [0.3, 0.4) is 0 Å². The Balaban J connectivity index is 1.36. The number of nitrogens with zero attached hydrogens (tertiary/aromatic N) is 1. The lowest BCUT2D eigenvalue weighted by Crippen LogP contribution is -2.47. The Kier molecular flexibility index (Phi) is 6.31. The number of nitrogens with one attached hydrogen (secondary N) is 1. The molecule has 5 rings (SSSR count). The van der Waals surface area contributed by atoms with Crippen LogP contribution in [0.4, 0.5) is 0 Å². The molecule has 0 spiro atoms. The first kappa shape index (κ1) is 22.2. The molecule has 2 atom stereocenters. The first-order valence-electron chi connectivity index (χ1n) is 10.9. The third-order valence-electron chi connectivity index (χ3n) is 5.86. The number of amides is 2. The summed E-state index contributed by atoms with van der Waals surface area (Å²) in [6.07, 6.45) is 0. The number of thioether (sulfide) groups is 1. The fourth-order valence-electron chi connectivity index (χ4n) is 4.07. The van der Waals surface area contributed by atoms with E-state index in [1.54, 1.807) is 48.0 Å². The van der Waals surface area contributed by atoms with Crippen LogP contribution in [0.25, 0.3) is 0 Å². The van der Waals surface area contributed by atoms with E-state index >= 15 is 0 Å². The topological polar surface area (TPSA) is 77.1 Å². The van der Waals surface area contributed by atoms with Gasteiger partial charge >= 0.3 is 0 Å². The van der Waals surface area contributed by atoms with E-state index in [-0.39, 0.29) is 24.0 Å². The third-order valence-corrected chi connectivity index (χ3v) is 7.19. The smallest absolute Gasteiger partial charge is 0.255 e.